The van der Waals surface area contributed by atoms with Crippen molar-refractivity contribution in [1.29, 1.82) is 0 Å². The smallest absolute Gasteiger partial charge is 0.128 e. The maximum absolute atomic E-state index is 4.86. The average Bonchev–Trinajstić information content (AvgIpc) is 3.19. The standard InChI is InChI=1S/C18H31N3/c1-13(2)11-21(12-14(3)4)18-9-6-16(15(5)20-18)10-19-17-7-8-17/h6,9,13-14,17,19H,7-8,10-12H2,1-5H3. The summed E-state index contributed by atoms with van der Waals surface area (Å²) in [5.41, 5.74) is 2.50. The first-order valence-electron chi connectivity index (χ1n) is 8.40. The molecule has 0 amide bonds. The molecule has 21 heavy (non-hydrogen) atoms. The van der Waals surface area contributed by atoms with Crippen molar-refractivity contribution in [2.45, 2.75) is 60.0 Å². The first kappa shape index (κ1) is 16.3. The molecule has 0 atom stereocenters. The maximum Gasteiger partial charge on any atom is 0.128 e. The van der Waals surface area contributed by atoms with Gasteiger partial charge in [0, 0.05) is 31.4 Å². The van der Waals surface area contributed by atoms with Gasteiger partial charge in [0.15, 0.2) is 0 Å². The van der Waals surface area contributed by atoms with Gasteiger partial charge in [-0.05, 0) is 43.2 Å². The highest BCUT2D eigenvalue weighted by atomic mass is 15.2. The summed E-state index contributed by atoms with van der Waals surface area (Å²) in [7, 11) is 0. The number of hydrogen-bond donors (Lipinski definition) is 1. The van der Waals surface area contributed by atoms with Crippen molar-refractivity contribution in [2.24, 2.45) is 11.8 Å². The van der Waals surface area contributed by atoms with Crippen molar-refractivity contribution in [2.75, 3.05) is 18.0 Å². The van der Waals surface area contributed by atoms with Gasteiger partial charge in [-0.2, -0.15) is 0 Å². The molecule has 1 saturated carbocycles. The fraction of sp³-hybridized carbons (Fsp3) is 0.722. The van der Waals surface area contributed by atoms with Crippen LogP contribution in [0.5, 0.6) is 0 Å². The molecule has 0 radical (unpaired) electrons. The summed E-state index contributed by atoms with van der Waals surface area (Å²) in [5, 5.41) is 3.57. The summed E-state index contributed by atoms with van der Waals surface area (Å²) in [6, 6.07) is 5.20. The van der Waals surface area contributed by atoms with E-state index >= 15 is 0 Å². The molecule has 1 aromatic rings. The topological polar surface area (TPSA) is 28.2 Å². The van der Waals surface area contributed by atoms with Gasteiger partial charge >= 0.3 is 0 Å². The van der Waals surface area contributed by atoms with E-state index in [4.69, 9.17) is 4.98 Å². The zero-order valence-corrected chi connectivity index (χ0v) is 14.3. The lowest BCUT2D eigenvalue weighted by Crippen LogP contribution is -2.32. The lowest BCUT2D eigenvalue weighted by Gasteiger charge is -2.28. The third-order valence-electron chi connectivity index (χ3n) is 3.83. The molecule has 0 aliphatic heterocycles. The molecule has 1 heterocycles. The summed E-state index contributed by atoms with van der Waals surface area (Å²) in [5.74, 6) is 2.44. The molecular weight excluding hydrogens is 258 g/mol. The van der Waals surface area contributed by atoms with Crippen molar-refractivity contribution in [1.82, 2.24) is 10.3 Å². The van der Waals surface area contributed by atoms with E-state index in [1.807, 2.05) is 0 Å². The number of rotatable bonds is 8. The second-order valence-electron chi connectivity index (χ2n) is 7.26. The number of aryl methyl sites for hydroxylation is 1. The first-order chi connectivity index (χ1) is 9.95. The Morgan fingerprint density at radius 1 is 1.14 bits per heavy atom. The van der Waals surface area contributed by atoms with E-state index in [2.05, 4.69) is 57.0 Å². The minimum Gasteiger partial charge on any atom is -0.356 e. The highest BCUT2D eigenvalue weighted by molar-refractivity contribution is 5.42. The van der Waals surface area contributed by atoms with E-state index in [9.17, 15) is 0 Å². The van der Waals surface area contributed by atoms with E-state index < -0.39 is 0 Å². The van der Waals surface area contributed by atoms with Crippen LogP contribution in [-0.4, -0.2) is 24.1 Å². The Labute approximate surface area is 130 Å². The fourth-order valence-electron chi connectivity index (χ4n) is 2.62. The minimum atomic E-state index is 0.655. The molecule has 118 valence electrons. The quantitative estimate of drug-likeness (QED) is 0.790. The highest BCUT2D eigenvalue weighted by Crippen LogP contribution is 2.21. The predicted molar refractivity (Wildman–Crippen MR) is 90.7 cm³/mol. The van der Waals surface area contributed by atoms with Crippen LogP contribution in [0.4, 0.5) is 5.82 Å². The lowest BCUT2D eigenvalue weighted by molar-refractivity contribution is 0.548. The molecule has 1 aliphatic carbocycles. The second-order valence-corrected chi connectivity index (χ2v) is 7.26. The number of anilines is 1. The number of nitrogens with zero attached hydrogens (tertiary/aromatic N) is 2. The van der Waals surface area contributed by atoms with Crippen molar-refractivity contribution < 1.29 is 0 Å². The van der Waals surface area contributed by atoms with E-state index in [0.717, 1.165) is 37.2 Å². The van der Waals surface area contributed by atoms with Crippen LogP contribution in [-0.2, 0) is 6.54 Å². The largest absolute Gasteiger partial charge is 0.356 e. The van der Waals surface area contributed by atoms with Crippen molar-refractivity contribution in [3.8, 4) is 0 Å². The van der Waals surface area contributed by atoms with Crippen LogP contribution in [0, 0.1) is 18.8 Å². The third kappa shape index (κ3) is 5.31. The molecule has 0 spiro atoms. The summed E-state index contributed by atoms with van der Waals surface area (Å²) in [6.45, 7) is 14.3. The Hall–Kier alpha value is -1.09. The average molecular weight is 289 g/mol. The fourth-order valence-corrected chi connectivity index (χ4v) is 2.62. The van der Waals surface area contributed by atoms with Crippen LogP contribution in [0.1, 0.15) is 51.8 Å². The van der Waals surface area contributed by atoms with Gasteiger partial charge in [-0.15, -0.1) is 0 Å². The Morgan fingerprint density at radius 3 is 2.24 bits per heavy atom. The molecule has 0 unspecified atom stereocenters. The van der Waals surface area contributed by atoms with Crippen LogP contribution >= 0.6 is 0 Å². The van der Waals surface area contributed by atoms with E-state index in [1.165, 1.54) is 18.4 Å². The Bertz CT molecular complexity index is 440. The minimum absolute atomic E-state index is 0.655. The summed E-state index contributed by atoms with van der Waals surface area (Å²) < 4.78 is 0. The normalized spacial score (nSPS) is 15.0. The Balaban J connectivity index is 2.06. The molecule has 1 fully saturated rings. The van der Waals surface area contributed by atoms with Gasteiger partial charge in [0.25, 0.3) is 0 Å². The SMILES string of the molecule is Cc1nc(N(CC(C)C)CC(C)C)ccc1CNC1CC1. The van der Waals surface area contributed by atoms with Gasteiger partial charge in [-0.3, -0.25) is 0 Å². The zero-order valence-electron chi connectivity index (χ0n) is 14.3. The maximum atomic E-state index is 4.86. The monoisotopic (exact) mass is 289 g/mol. The Kier molecular flexibility index (Phi) is 5.63. The van der Waals surface area contributed by atoms with Crippen molar-refractivity contribution >= 4 is 5.82 Å². The van der Waals surface area contributed by atoms with Crippen molar-refractivity contribution in [3.05, 3.63) is 23.4 Å². The predicted octanol–water partition coefficient (Wildman–Crippen LogP) is 3.76. The van der Waals surface area contributed by atoms with Gasteiger partial charge in [-0.1, -0.05) is 33.8 Å². The zero-order chi connectivity index (χ0) is 15.4. The van der Waals surface area contributed by atoms with Gasteiger partial charge in [-0.25, -0.2) is 4.98 Å². The highest BCUT2D eigenvalue weighted by Gasteiger charge is 2.20. The van der Waals surface area contributed by atoms with Crippen LogP contribution in [0.3, 0.4) is 0 Å². The molecule has 3 nitrogen and oxygen atoms in total. The molecule has 0 bridgehead atoms. The molecule has 0 saturated heterocycles. The number of pyridine rings is 1. The van der Waals surface area contributed by atoms with Gasteiger partial charge in [0.1, 0.15) is 5.82 Å². The van der Waals surface area contributed by atoms with E-state index in [1.54, 1.807) is 0 Å². The van der Waals surface area contributed by atoms with Crippen LogP contribution in [0.15, 0.2) is 12.1 Å². The van der Waals surface area contributed by atoms with Crippen LogP contribution in [0.2, 0.25) is 0 Å². The van der Waals surface area contributed by atoms with Crippen molar-refractivity contribution in [3.63, 3.8) is 0 Å². The number of nitrogens with one attached hydrogen (secondary N) is 1. The van der Waals surface area contributed by atoms with Crippen LogP contribution < -0.4 is 10.2 Å². The van der Waals surface area contributed by atoms with Gasteiger partial charge < -0.3 is 10.2 Å². The Morgan fingerprint density at radius 2 is 1.76 bits per heavy atom. The molecule has 1 aromatic heterocycles. The van der Waals surface area contributed by atoms with E-state index in [-0.39, 0.29) is 0 Å². The molecule has 2 rings (SSSR count). The van der Waals surface area contributed by atoms with Crippen LogP contribution in [0.25, 0.3) is 0 Å². The lowest BCUT2D eigenvalue weighted by atomic mass is 10.1. The summed E-state index contributed by atoms with van der Waals surface area (Å²) in [4.78, 5) is 7.29. The third-order valence-corrected chi connectivity index (χ3v) is 3.83. The number of hydrogen-bond acceptors (Lipinski definition) is 3. The van der Waals surface area contributed by atoms with Gasteiger partial charge in [0.05, 0.1) is 0 Å². The molecular formula is C18H31N3. The first-order valence-corrected chi connectivity index (χ1v) is 8.40. The molecule has 0 aromatic carbocycles. The number of aromatic nitrogens is 1. The van der Waals surface area contributed by atoms with Gasteiger partial charge in [0.2, 0.25) is 0 Å². The summed E-state index contributed by atoms with van der Waals surface area (Å²) >= 11 is 0. The summed E-state index contributed by atoms with van der Waals surface area (Å²) in [6.07, 6.45) is 2.67. The molecule has 1 aliphatic rings. The molecule has 3 heteroatoms. The molecule has 1 N–H and O–H groups in total. The van der Waals surface area contributed by atoms with E-state index in [0.29, 0.717) is 11.8 Å². The second kappa shape index (κ2) is 7.26.